The van der Waals surface area contributed by atoms with E-state index in [0.717, 1.165) is 24.8 Å². The van der Waals surface area contributed by atoms with Crippen molar-refractivity contribution in [2.75, 3.05) is 13.2 Å². The van der Waals surface area contributed by atoms with E-state index in [1.54, 1.807) is 0 Å². The zero-order valence-electron chi connectivity index (χ0n) is 40.1. The molecular formula is C48H76O20. The van der Waals surface area contributed by atoms with Gasteiger partial charge in [0.2, 0.25) is 6.29 Å². The van der Waals surface area contributed by atoms with Gasteiger partial charge in [0.1, 0.15) is 67.1 Å². The Bertz CT molecular complexity index is 1880. The molecule has 0 amide bonds. The minimum absolute atomic E-state index is 0.0963. The Labute approximate surface area is 396 Å². The van der Waals surface area contributed by atoms with Crippen LogP contribution in [0.5, 0.6) is 0 Å². The third-order valence-electron chi connectivity index (χ3n) is 19.3. The van der Waals surface area contributed by atoms with E-state index in [1.165, 1.54) is 6.92 Å². The molecular weight excluding hydrogens is 897 g/mol. The predicted molar refractivity (Wildman–Crippen MR) is 232 cm³/mol. The van der Waals surface area contributed by atoms with Crippen LogP contribution in [0.1, 0.15) is 99.8 Å². The van der Waals surface area contributed by atoms with Crippen LogP contribution in [0.2, 0.25) is 0 Å². The molecule has 0 radical (unpaired) electrons. The third kappa shape index (κ3) is 7.94. The summed E-state index contributed by atoms with van der Waals surface area (Å²) < 4.78 is 41.1. The van der Waals surface area contributed by atoms with E-state index in [1.807, 2.05) is 6.92 Å². The van der Waals surface area contributed by atoms with Gasteiger partial charge in [-0.3, -0.25) is 9.59 Å². The first-order valence-electron chi connectivity index (χ1n) is 24.4. The molecule has 4 aliphatic carbocycles. The second kappa shape index (κ2) is 18.5. The van der Waals surface area contributed by atoms with Crippen molar-refractivity contribution in [1.82, 2.24) is 0 Å². The van der Waals surface area contributed by atoms with Crippen LogP contribution in [0.4, 0.5) is 0 Å². The molecule has 11 N–H and O–H groups in total. The lowest BCUT2D eigenvalue weighted by Crippen LogP contribution is -2.67. The number of aliphatic carboxylic acids is 1. The molecule has 68 heavy (non-hydrogen) atoms. The van der Waals surface area contributed by atoms with Gasteiger partial charge in [0.25, 0.3) is 0 Å². The molecule has 4 saturated carbocycles. The topological polar surface area (TPSA) is 321 Å². The zero-order valence-corrected chi connectivity index (χ0v) is 40.1. The zero-order chi connectivity index (χ0) is 50.0. The standard InChI is InChI=1S/C48H76O20/c1-19(2)21-15-27(50)48(14-13-45(6)22(30(21)48)9-10-26-46(45,7)12-11-25-44(4,5)68-28(16-29(51)52)47(25,26)8)43(61)67-42-37(59)34(56)32(54)24(65-42)18-62-40-38(60)35(57)39(23(17-49)64-40)66-41-36(58)33(55)31(53)20(3)63-41/h20-28,30-42,49-50,53-60H,1,9-18H2,2-8H3,(H,51,52)/t20-,21-,22+,23+,24+,25-,26-,27-,28+,30+,31-,32+,33+,34-,35+,36+,37+,38+,39+,40+,41-,42-,45+,46+,47-,48+/m0/s1. The maximum atomic E-state index is 15.0. The van der Waals surface area contributed by atoms with E-state index in [9.17, 15) is 61.0 Å². The first-order valence-corrected chi connectivity index (χ1v) is 24.4. The third-order valence-corrected chi connectivity index (χ3v) is 19.3. The van der Waals surface area contributed by atoms with Crippen LogP contribution >= 0.6 is 0 Å². The Morgan fingerprint density at radius 3 is 1.99 bits per heavy atom. The lowest BCUT2D eigenvalue weighted by atomic mass is 9.33. The molecule has 0 aromatic carbocycles. The van der Waals surface area contributed by atoms with E-state index in [4.69, 9.17) is 33.2 Å². The highest BCUT2D eigenvalue weighted by atomic mass is 16.8. The Morgan fingerprint density at radius 1 is 0.706 bits per heavy atom. The van der Waals surface area contributed by atoms with Crippen molar-refractivity contribution in [1.29, 1.82) is 0 Å². The van der Waals surface area contributed by atoms with Crippen molar-refractivity contribution in [2.24, 2.45) is 51.2 Å². The summed E-state index contributed by atoms with van der Waals surface area (Å²) in [6.07, 6.45) is -22.5. The van der Waals surface area contributed by atoms with Crippen LogP contribution in [-0.4, -0.2) is 191 Å². The first-order chi connectivity index (χ1) is 31.7. The van der Waals surface area contributed by atoms with E-state index in [2.05, 4.69) is 41.2 Å². The number of fused-ring (bicyclic) bond motifs is 7. The molecule has 8 rings (SSSR count). The summed E-state index contributed by atoms with van der Waals surface area (Å²) >= 11 is 0. The minimum atomic E-state index is -1.94. The number of carbonyl (C=O) groups excluding carboxylic acids is 1. The van der Waals surface area contributed by atoms with Gasteiger partial charge in [0.15, 0.2) is 12.6 Å². The normalized spacial score (nSPS) is 54.2. The fourth-order valence-electron chi connectivity index (χ4n) is 15.5. The van der Waals surface area contributed by atoms with E-state index >= 15 is 4.79 Å². The predicted octanol–water partition coefficient (Wildman–Crippen LogP) is -0.534. The smallest absolute Gasteiger partial charge is 0.317 e. The van der Waals surface area contributed by atoms with Crippen LogP contribution in [0.15, 0.2) is 12.2 Å². The van der Waals surface area contributed by atoms with Crippen LogP contribution in [-0.2, 0) is 42.7 Å². The highest BCUT2D eigenvalue weighted by Gasteiger charge is 2.76. The first kappa shape index (κ1) is 52.4. The van der Waals surface area contributed by atoms with Gasteiger partial charge in [-0.05, 0) is 113 Å². The van der Waals surface area contributed by atoms with Gasteiger partial charge in [-0.1, -0.05) is 32.9 Å². The van der Waals surface area contributed by atoms with Crippen molar-refractivity contribution in [3.05, 3.63) is 12.2 Å². The van der Waals surface area contributed by atoms with E-state index in [-0.39, 0.29) is 53.8 Å². The second-order valence-corrected chi connectivity index (χ2v) is 22.8. The van der Waals surface area contributed by atoms with Gasteiger partial charge in [-0.2, -0.15) is 0 Å². The number of carboxylic acids is 1. The second-order valence-electron chi connectivity index (χ2n) is 22.8. The summed E-state index contributed by atoms with van der Waals surface area (Å²) in [4.78, 5) is 27.3. The maximum absolute atomic E-state index is 15.0. The molecule has 26 atom stereocenters. The average molecular weight is 973 g/mol. The van der Waals surface area contributed by atoms with Crippen LogP contribution < -0.4 is 0 Å². The van der Waals surface area contributed by atoms with Crippen molar-refractivity contribution >= 4 is 11.9 Å². The highest BCUT2D eigenvalue weighted by molar-refractivity contribution is 5.79. The monoisotopic (exact) mass is 972 g/mol. The largest absolute Gasteiger partial charge is 0.481 e. The molecule has 0 aromatic heterocycles. The molecule has 20 heteroatoms. The summed E-state index contributed by atoms with van der Waals surface area (Å²) in [6, 6.07) is 0. The average Bonchev–Trinajstić information content (AvgIpc) is 3.69. The van der Waals surface area contributed by atoms with Gasteiger partial charge in [0.05, 0.1) is 49.0 Å². The van der Waals surface area contributed by atoms with Gasteiger partial charge in [0, 0.05) is 5.41 Å². The Balaban J connectivity index is 0.988. The molecule has 4 heterocycles. The van der Waals surface area contributed by atoms with Gasteiger partial charge in [-0.15, -0.1) is 0 Å². The number of hydrogen-bond acceptors (Lipinski definition) is 19. The van der Waals surface area contributed by atoms with Crippen LogP contribution in [0.3, 0.4) is 0 Å². The SMILES string of the molecule is C=C(C)[C@@H]1C[C@H](O)[C@]2(C(=O)O[C@@H]3O[C@H](CO[C@@H]4O[C@H](CO)[C@@H](O[C@@H]5O[C@@H](C)[C@H](O)[C@@H](O)[C@H]5O)[C@H](O)[C@H]4O)[C@@H](O)[C@H](O)[C@H]3O)CC[C@]3(C)[C@H](CC[C@@H]4[C@@]5(C)[C@@H](CC(=O)O)OC(C)(C)[C@@H]5CC[C@]43C)[C@@H]12. The van der Waals surface area contributed by atoms with Gasteiger partial charge >= 0.3 is 11.9 Å². The number of hydrogen-bond donors (Lipinski definition) is 11. The Kier molecular flexibility index (Phi) is 14.3. The lowest BCUT2D eigenvalue weighted by molar-refractivity contribution is -0.361. The fraction of sp³-hybridized carbons (Fsp3) is 0.917. The molecule has 8 aliphatic rings. The molecule has 388 valence electrons. The summed E-state index contributed by atoms with van der Waals surface area (Å²) in [5.74, 6) is -2.30. The number of carboxylic acid groups (broad SMARTS) is 1. The molecule has 8 fully saturated rings. The van der Waals surface area contributed by atoms with Crippen molar-refractivity contribution in [3.63, 3.8) is 0 Å². The maximum Gasteiger partial charge on any atom is 0.317 e. The van der Waals surface area contributed by atoms with Crippen molar-refractivity contribution in [3.8, 4) is 0 Å². The number of ether oxygens (including phenoxy) is 7. The summed E-state index contributed by atoms with van der Waals surface area (Å²) in [5, 5.41) is 119. The number of allylic oxidation sites excluding steroid dienone is 1. The summed E-state index contributed by atoms with van der Waals surface area (Å²) in [5.41, 5.74) is -2.26. The molecule has 0 aromatic rings. The number of aliphatic hydroxyl groups excluding tert-OH is 10. The summed E-state index contributed by atoms with van der Waals surface area (Å²) in [7, 11) is 0. The Morgan fingerprint density at radius 2 is 1.34 bits per heavy atom. The molecule has 0 bridgehead atoms. The minimum Gasteiger partial charge on any atom is -0.481 e. The molecule has 4 aliphatic heterocycles. The highest BCUT2D eigenvalue weighted by Crippen LogP contribution is 2.78. The Hall–Kier alpha value is -1.96. The van der Waals surface area contributed by atoms with Crippen LogP contribution in [0.25, 0.3) is 0 Å². The number of aliphatic hydroxyl groups is 10. The van der Waals surface area contributed by atoms with Gasteiger partial charge in [-0.25, -0.2) is 0 Å². The molecule has 4 saturated heterocycles. The van der Waals surface area contributed by atoms with E-state index < -0.39 is 152 Å². The number of esters is 1. The molecule has 0 unspecified atom stereocenters. The van der Waals surface area contributed by atoms with E-state index in [0.29, 0.717) is 12.8 Å². The fourth-order valence-corrected chi connectivity index (χ4v) is 15.5. The van der Waals surface area contributed by atoms with Crippen molar-refractivity contribution in [2.45, 2.75) is 210 Å². The lowest BCUT2D eigenvalue weighted by Gasteiger charge is -2.70. The van der Waals surface area contributed by atoms with Crippen molar-refractivity contribution < 1.29 is 98.9 Å². The summed E-state index contributed by atoms with van der Waals surface area (Å²) in [6.45, 7) is 17.1. The number of rotatable bonds is 11. The van der Waals surface area contributed by atoms with Crippen LogP contribution in [0, 0.1) is 51.2 Å². The number of carbonyl (C=O) groups is 2. The molecule has 20 nitrogen and oxygen atoms in total. The quantitative estimate of drug-likeness (QED) is 0.0916. The van der Waals surface area contributed by atoms with Gasteiger partial charge < -0.3 is 89.3 Å². The molecule has 0 spiro atoms.